The highest BCUT2D eigenvalue weighted by Gasteiger charge is 2.47. The maximum absolute atomic E-state index is 6.33. The molecule has 3 heteroatoms. The third-order valence-corrected chi connectivity index (χ3v) is 13.8. The minimum absolute atomic E-state index is 0.573. The minimum atomic E-state index is -0.573. The van der Waals surface area contributed by atoms with Gasteiger partial charge in [0.2, 0.25) is 0 Å². The Morgan fingerprint density at radius 3 is 1.53 bits per heavy atom. The maximum Gasteiger partial charge on any atom is 0.160 e. The molecule has 0 saturated carbocycles. The molecule has 2 heterocycles. The van der Waals surface area contributed by atoms with E-state index in [0.717, 1.165) is 77.8 Å². The van der Waals surface area contributed by atoms with Gasteiger partial charge in [-0.3, -0.25) is 0 Å². The third kappa shape index (κ3) is 6.43. The molecule has 68 heavy (non-hydrogen) atoms. The van der Waals surface area contributed by atoms with Crippen molar-refractivity contribution in [1.82, 2.24) is 9.97 Å². The molecule has 0 fully saturated rings. The van der Waals surface area contributed by atoms with Gasteiger partial charge in [-0.2, -0.15) is 0 Å². The van der Waals surface area contributed by atoms with Crippen LogP contribution in [0.4, 0.5) is 0 Å². The molecule has 0 N–H and O–H groups in total. The molecule has 10 aromatic carbocycles. The van der Waals surface area contributed by atoms with Gasteiger partial charge in [-0.1, -0.05) is 212 Å². The monoisotopic (exact) mass is 866 g/mol. The van der Waals surface area contributed by atoms with Crippen LogP contribution in [0.5, 0.6) is 0 Å². The Labute approximate surface area is 395 Å². The van der Waals surface area contributed by atoms with Gasteiger partial charge in [0, 0.05) is 27.5 Å². The van der Waals surface area contributed by atoms with Crippen LogP contribution in [0.1, 0.15) is 22.3 Å². The zero-order valence-corrected chi connectivity index (χ0v) is 37.1. The van der Waals surface area contributed by atoms with Gasteiger partial charge in [-0.05, 0) is 109 Å². The van der Waals surface area contributed by atoms with Crippen LogP contribution in [0.3, 0.4) is 0 Å². The fourth-order valence-corrected chi connectivity index (χ4v) is 10.8. The summed E-state index contributed by atoms with van der Waals surface area (Å²) < 4.78 is 6.33. The molecule has 318 valence electrons. The van der Waals surface area contributed by atoms with E-state index in [1.165, 1.54) is 38.9 Å². The van der Waals surface area contributed by atoms with Crippen LogP contribution in [0.2, 0.25) is 0 Å². The second-order valence-corrected chi connectivity index (χ2v) is 17.6. The summed E-state index contributed by atoms with van der Waals surface area (Å²) >= 11 is 0. The molecule has 13 rings (SSSR count). The topological polar surface area (TPSA) is 38.9 Å². The molecule has 0 amide bonds. The highest BCUT2D eigenvalue weighted by Crippen LogP contribution is 2.59. The molecule has 0 aliphatic heterocycles. The summed E-state index contributed by atoms with van der Waals surface area (Å²) in [5, 5.41) is 2.18. The van der Waals surface area contributed by atoms with E-state index in [1.54, 1.807) is 0 Å². The van der Waals surface area contributed by atoms with Gasteiger partial charge in [0.15, 0.2) is 5.82 Å². The Morgan fingerprint density at radius 1 is 0.294 bits per heavy atom. The van der Waals surface area contributed by atoms with E-state index in [0.29, 0.717) is 5.82 Å². The highest BCUT2D eigenvalue weighted by molar-refractivity contribution is 6.06. The number of furan rings is 1. The predicted molar refractivity (Wildman–Crippen MR) is 279 cm³/mol. The Kier molecular flexibility index (Phi) is 9.40. The first kappa shape index (κ1) is 39.4. The van der Waals surface area contributed by atoms with Crippen LogP contribution in [0.25, 0.3) is 100 Å². The van der Waals surface area contributed by atoms with Crippen LogP contribution in [-0.2, 0) is 5.41 Å². The molecular weight excluding hydrogens is 825 g/mol. The number of fused-ring (bicyclic) bond motifs is 6. The summed E-state index contributed by atoms with van der Waals surface area (Å²) in [6, 6.07) is 91.5. The fraction of sp³-hybridized carbons (Fsp3) is 0.0154. The molecule has 0 radical (unpaired) electrons. The van der Waals surface area contributed by atoms with Crippen molar-refractivity contribution in [2.45, 2.75) is 5.41 Å². The number of aromatic nitrogens is 2. The average Bonchev–Trinajstić information content (AvgIpc) is 3.95. The lowest BCUT2D eigenvalue weighted by atomic mass is 9.66. The normalized spacial score (nSPS) is 12.5. The van der Waals surface area contributed by atoms with Crippen LogP contribution in [0.15, 0.2) is 259 Å². The number of para-hydroxylation sites is 1. The molecule has 0 atom stereocenters. The second-order valence-electron chi connectivity index (χ2n) is 17.6. The van der Waals surface area contributed by atoms with Crippen molar-refractivity contribution in [2.24, 2.45) is 0 Å². The van der Waals surface area contributed by atoms with Gasteiger partial charge in [0.1, 0.15) is 11.2 Å². The van der Waals surface area contributed by atoms with E-state index in [9.17, 15) is 0 Å². The zero-order chi connectivity index (χ0) is 45.0. The maximum atomic E-state index is 6.33. The number of hydrogen-bond acceptors (Lipinski definition) is 3. The fourth-order valence-electron chi connectivity index (χ4n) is 10.8. The summed E-state index contributed by atoms with van der Waals surface area (Å²) in [6.45, 7) is 0. The Hall–Kier alpha value is -8.92. The Balaban J connectivity index is 1.08. The van der Waals surface area contributed by atoms with Gasteiger partial charge >= 0.3 is 0 Å². The van der Waals surface area contributed by atoms with Crippen molar-refractivity contribution in [3.8, 4) is 78.4 Å². The number of rotatable bonds is 8. The number of hydrogen-bond donors (Lipinski definition) is 0. The molecule has 3 nitrogen and oxygen atoms in total. The van der Waals surface area contributed by atoms with Crippen LogP contribution >= 0.6 is 0 Å². The van der Waals surface area contributed by atoms with Gasteiger partial charge in [0.25, 0.3) is 0 Å². The molecule has 1 aliphatic carbocycles. The van der Waals surface area contributed by atoms with Crippen molar-refractivity contribution in [2.75, 3.05) is 0 Å². The lowest BCUT2D eigenvalue weighted by Gasteiger charge is -2.35. The first-order valence-electron chi connectivity index (χ1n) is 23.2. The first-order valence-corrected chi connectivity index (χ1v) is 23.2. The molecule has 2 aromatic heterocycles. The standard InChI is InChI=1S/C65H42N2O/c1-5-20-43(21-6-1)59-42-60(67-64(66-59)44-22-7-2-8-23-44)48-39-46(45-36-37-62-57(41-45)54-31-16-18-35-61(54)68-62)38-47(40-48)51-28-13-14-29-52(51)55-32-19-33-56-53-30-15-17-34-58(53)65(63(55)56,49-24-9-3-10-25-49)50-26-11-4-12-27-50/h1-42H. The van der Waals surface area contributed by atoms with Crippen molar-refractivity contribution in [3.05, 3.63) is 277 Å². The van der Waals surface area contributed by atoms with Crippen LogP contribution in [0, 0.1) is 0 Å². The van der Waals surface area contributed by atoms with Crippen molar-refractivity contribution >= 4 is 21.9 Å². The lowest BCUT2D eigenvalue weighted by Crippen LogP contribution is -2.29. The SMILES string of the molecule is c1ccc(-c2cc(-c3cc(-c4ccc5oc6ccccc6c5c4)cc(-c4ccccc4-c4cccc5c4C(c4ccccc4)(c4ccccc4)c4ccccc4-5)c3)nc(-c3ccccc3)n2)cc1. The van der Waals surface area contributed by atoms with Gasteiger partial charge in [-0.25, -0.2) is 9.97 Å². The van der Waals surface area contributed by atoms with Crippen molar-refractivity contribution in [1.29, 1.82) is 0 Å². The molecule has 0 unspecified atom stereocenters. The van der Waals surface area contributed by atoms with Gasteiger partial charge < -0.3 is 4.42 Å². The van der Waals surface area contributed by atoms with E-state index >= 15 is 0 Å². The zero-order valence-electron chi connectivity index (χ0n) is 37.1. The van der Waals surface area contributed by atoms with E-state index in [4.69, 9.17) is 14.4 Å². The predicted octanol–water partition coefficient (Wildman–Crippen LogP) is 16.7. The Bertz CT molecular complexity index is 3740. The molecule has 0 spiro atoms. The van der Waals surface area contributed by atoms with E-state index < -0.39 is 5.41 Å². The quantitative estimate of drug-likeness (QED) is 0.153. The lowest BCUT2D eigenvalue weighted by molar-refractivity contribution is 0.669. The average molecular weight is 867 g/mol. The molecule has 0 saturated heterocycles. The molecule has 1 aliphatic rings. The summed E-state index contributed by atoms with van der Waals surface area (Å²) in [6.07, 6.45) is 0. The Morgan fingerprint density at radius 2 is 0.809 bits per heavy atom. The second kappa shape index (κ2) is 16.2. The van der Waals surface area contributed by atoms with Crippen molar-refractivity contribution in [3.63, 3.8) is 0 Å². The summed E-state index contributed by atoms with van der Waals surface area (Å²) in [5.74, 6) is 0.679. The summed E-state index contributed by atoms with van der Waals surface area (Å²) in [7, 11) is 0. The minimum Gasteiger partial charge on any atom is -0.456 e. The smallest absolute Gasteiger partial charge is 0.160 e. The summed E-state index contributed by atoms with van der Waals surface area (Å²) in [5.41, 5.74) is 20.2. The van der Waals surface area contributed by atoms with Crippen LogP contribution in [-0.4, -0.2) is 9.97 Å². The number of benzene rings is 10. The molecule has 0 bridgehead atoms. The molecule has 12 aromatic rings. The largest absolute Gasteiger partial charge is 0.456 e. The van der Waals surface area contributed by atoms with Crippen molar-refractivity contribution < 1.29 is 4.42 Å². The first-order chi connectivity index (χ1) is 33.7. The van der Waals surface area contributed by atoms with E-state index in [2.05, 4.69) is 218 Å². The molecular formula is C65H42N2O. The summed E-state index contributed by atoms with van der Waals surface area (Å²) in [4.78, 5) is 10.5. The van der Waals surface area contributed by atoms with E-state index in [-0.39, 0.29) is 0 Å². The number of nitrogens with zero attached hydrogens (tertiary/aromatic N) is 2. The third-order valence-electron chi connectivity index (χ3n) is 13.8. The van der Waals surface area contributed by atoms with Crippen LogP contribution < -0.4 is 0 Å². The van der Waals surface area contributed by atoms with Gasteiger partial charge in [-0.15, -0.1) is 0 Å². The van der Waals surface area contributed by atoms with E-state index in [1.807, 2.05) is 36.4 Å². The van der Waals surface area contributed by atoms with Gasteiger partial charge in [0.05, 0.1) is 16.8 Å². The highest BCUT2D eigenvalue weighted by atomic mass is 16.3.